The Morgan fingerprint density at radius 1 is 1.09 bits per heavy atom. The first-order valence-corrected chi connectivity index (χ1v) is 9.25. The molecule has 0 saturated carbocycles. The summed E-state index contributed by atoms with van der Waals surface area (Å²) in [6.45, 7) is 5.68. The first kappa shape index (κ1) is 17.4. The van der Waals surface area contributed by atoms with Crippen LogP contribution in [0.1, 0.15) is 24.0 Å². The van der Waals surface area contributed by atoms with Crippen molar-refractivity contribution in [2.75, 3.05) is 0 Å². The van der Waals surface area contributed by atoms with Crippen LogP contribution in [0.15, 0.2) is 72.1 Å². The van der Waals surface area contributed by atoms with E-state index in [-0.39, 0.29) is 10.9 Å². The molecule has 0 aromatic heterocycles. The van der Waals surface area contributed by atoms with Crippen molar-refractivity contribution in [3.63, 3.8) is 0 Å². The van der Waals surface area contributed by atoms with Gasteiger partial charge in [-0.05, 0) is 43.9 Å². The van der Waals surface area contributed by atoms with Crippen LogP contribution in [0.5, 0.6) is 0 Å². The van der Waals surface area contributed by atoms with Crippen molar-refractivity contribution in [1.29, 1.82) is 0 Å². The Bertz CT molecular complexity index is 722. The van der Waals surface area contributed by atoms with Crippen molar-refractivity contribution in [2.45, 2.75) is 37.1 Å². The number of hydrogen-bond acceptors (Lipinski definition) is 2. The maximum Gasteiger partial charge on any atom is 0.241 e. The van der Waals surface area contributed by atoms with Crippen LogP contribution in [-0.4, -0.2) is 14.5 Å². The number of sulfonamides is 1. The molecule has 0 unspecified atom stereocenters. The summed E-state index contributed by atoms with van der Waals surface area (Å²) in [4.78, 5) is 0.290. The molecule has 1 N–H and O–H groups in total. The van der Waals surface area contributed by atoms with Gasteiger partial charge in [0.05, 0.1) is 4.90 Å². The molecule has 0 amide bonds. The lowest BCUT2D eigenvalue weighted by Crippen LogP contribution is -2.33. The molecule has 0 heterocycles. The van der Waals surface area contributed by atoms with Gasteiger partial charge in [0.1, 0.15) is 0 Å². The SMILES string of the molecule is C=C[C@@H](CCCc1ccccc1)NS(=O)(=O)c1ccc(C)cc1. The van der Waals surface area contributed by atoms with Gasteiger partial charge >= 0.3 is 0 Å². The summed E-state index contributed by atoms with van der Waals surface area (Å²) in [5.74, 6) is 0. The molecule has 0 radical (unpaired) electrons. The van der Waals surface area contributed by atoms with E-state index in [9.17, 15) is 8.42 Å². The fourth-order valence-corrected chi connectivity index (χ4v) is 3.62. The predicted molar refractivity (Wildman–Crippen MR) is 94.9 cm³/mol. The lowest BCUT2D eigenvalue weighted by Gasteiger charge is -2.15. The van der Waals surface area contributed by atoms with Gasteiger partial charge in [0.2, 0.25) is 10.0 Å². The fourth-order valence-electron chi connectivity index (χ4n) is 2.38. The van der Waals surface area contributed by atoms with Crippen LogP contribution < -0.4 is 4.72 Å². The van der Waals surface area contributed by atoms with Crippen LogP contribution in [0.3, 0.4) is 0 Å². The van der Waals surface area contributed by atoms with E-state index in [2.05, 4.69) is 23.4 Å². The number of hydrogen-bond donors (Lipinski definition) is 1. The smallest absolute Gasteiger partial charge is 0.207 e. The molecular weight excluding hydrogens is 306 g/mol. The second-order valence-corrected chi connectivity index (χ2v) is 7.37. The Hall–Kier alpha value is -1.91. The van der Waals surface area contributed by atoms with Gasteiger partial charge < -0.3 is 0 Å². The van der Waals surface area contributed by atoms with Gasteiger partial charge in [-0.25, -0.2) is 13.1 Å². The Balaban J connectivity index is 1.93. The number of benzene rings is 2. The second kappa shape index (κ2) is 8.09. The number of nitrogens with one attached hydrogen (secondary N) is 1. The highest BCUT2D eigenvalue weighted by Gasteiger charge is 2.17. The number of aryl methyl sites for hydroxylation is 2. The number of rotatable bonds is 8. The van der Waals surface area contributed by atoms with Crippen LogP contribution in [-0.2, 0) is 16.4 Å². The highest BCUT2D eigenvalue weighted by Crippen LogP contribution is 2.13. The van der Waals surface area contributed by atoms with Gasteiger partial charge in [0.25, 0.3) is 0 Å². The molecule has 2 aromatic rings. The molecule has 0 fully saturated rings. The van der Waals surface area contributed by atoms with E-state index in [0.29, 0.717) is 0 Å². The third kappa shape index (κ3) is 5.34. The van der Waals surface area contributed by atoms with Crippen LogP contribution in [0.2, 0.25) is 0 Å². The van der Waals surface area contributed by atoms with Crippen molar-refractivity contribution in [1.82, 2.24) is 4.72 Å². The molecule has 1 atom stereocenters. The molecule has 0 bridgehead atoms. The molecule has 4 heteroatoms. The zero-order valence-corrected chi connectivity index (χ0v) is 14.2. The Labute approximate surface area is 139 Å². The molecule has 122 valence electrons. The Morgan fingerprint density at radius 2 is 1.74 bits per heavy atom. The standard InChI is InChI=1S/C19H23NO2S/c1-3-18(11-7-10-17-8-5-4-6-9-17)20-23(21,22)19-14-12-16(2)13-15-19/h3-6,8-9,12-15,18,20H,1,7,10-11H2,2H3/t18-/m0/s1. The quantitative estimate of drug-likeness (QED) is 0.748. The van der Waals surface area contributed by atoms with Crippen LogP contribution >= 0.6 is 0 Å². The topological polar surface area (TPSA) is 46.2 Å². The van der Waals surface area contributed by atoms with E-state index in [0.717, 1.165) is 24.8 Å². The predicted octanol–water partition coefficient (Wildman–Crippen LogP) is 3.85. The van der Waals surface area contributed by atoms with E-state index in [1.165, 1.54) is 5.56 Å². The summed E-state index contributed by atoms with van der Waals surface area (Å²) in [6, 6.07) is 16.8. The zero-order valence-electron chi connectivity index (χ0n) is 13.4. The van der Waals surface area contributed by atoms with Gasteiger partial charge in [0, 0.05) is 6.04 Å². The highest BCUT2D eigenvalue weighted by atomic mass is 32.2. The van der Waals surface area contributed by atoms with E-state index in [1.807, 2.05) is 25.1 Å². The summed E-state index contributed by atoms with van der Waals surface area (Å²) < 4.78 is 27.5. The van der Waals surface area contributed by atoms with Gasteiger partial charge in [-0.3, -0.25) is 0 Å². The normalized spacial score (nSPS) is 12.7. The summed E-state index contributed by atoms with van der Waals surface area (Å²) in [5.41, 5.74) is 2.30. The average Bonchev–Trinajstić information content (AvgIpc) is 2.55. The van der Waals surface area contributed by atoms with E-state index in [1.54, 1.807) is 30.3 Å². The van der Waals surface area contributed by atoms with Crippen molar-refractivity contribution in [2.24, 2.45) is 0 Å². The van der Waals surface area contributed by atoms with E-state index < -0.39 is 10.0 Å². The van der Waals surface area contributed by atoms with Crippen LogP contribution in [0.4, 0.5) is 0 Å². The van der Waals surface area contributed by atoms with Crippen LogP contribution in [0, 0.1) is 6.92 Å². The van der Waals surface area contributed by atoms with Crippen molar-refractivity contribution in [3.8, 4) is 0 Å². The second-order valence-electron chi connectivity index (χ2n) is 5.65. The summed E-state index contributed by atoms with van der Waals surface area (Å²) in [7, 11) is -3.50. The molecule has 0 spiro atoms. The minimum Gasteiger partial charge on any atom is -0.207 e. The zero-order chi connectivity index (χ0) is 16.7. The molecule has 2 rings (SSSR count). The van der Waals surface area contributed by atoms with Crippen molar-refractivity contribution in [3.05, 3.63) is 78.4 Å². The van der Waals surface area contributed by atoms with E-state index >= 15 is 0 Å². The lowest BCUT2D eigenvalue weighted by molar-refractivity contribution is 0.556. The minimum atomic E-state index is -3.50. The third-order valence-corrected chi connectivity index (χ3v) is 5.25. The highest BCUT2D eigenvalue weighted by molar-refractivity contribution is 7.89. The van der Waals surface area contributed by atoms with E-state index in [4.69, 9.17) is 0 Å². The van der Waals surface area contributed by atoms with Crippen molar-refractivity contribution < 1.29 is 8.42 Å². The summed E-state index contributed by atoms with van der Waals surface area (Å²) in [5, 5.41) is 0. The molecule has 0 aliphatic carbocycles. The molecular formula is C19H23NO2S. The van der Waals surface area contributed by atoms with Gasteiger partial charge in [0.15, 0.2) is 0 Å². The Kier molecular flexibility index (Phi) is 6.13. The Morgan fingerprint density at radius 3 is 2.35 bits per heavy atom. The molecule has 0 aliphatic rings. The van der Waals surface area contributed by atoms with Crippen molar-refractivity contribution >= 4 is 10.0 Å². The monoisotopic (exact) mass is 329 g/mol. The summed E-state index contributed by atoms with van der Waals surface area (Å²) in [6.07, 6.45) is 4.22. The first-order chi connectivity index (χ1) is 11.0. The molecule has 23 heavy (non-hydrogen) atoms. The largest absolute Gasteiger partial charge is 0.241 e. The molecule has 2 aromatic carbocycles. The molecule has 3 nitrogen and oxygen atoms in total. The van der Waals surface area contributed by atoms with Gasteiger partial charge in [-0.15, -0.1) is 6.58 Å². The average molecular weight is 329 g/mol. The van der Waals surface area contributed by atoms with Gasteiger partial charge in [-0.2, -0.15) is 0 Å². The molecule has 0 aliphatic heterocycles. The van der Waals surface area contributed by atoms with Crippen LogP contribution in [0.25, 0.3) is 0 Å². The minimum absolute atomic E-state index is 0.259. The fraction of sp³-hybridized carbons (Fsp3) is 0.263. The third-order valence-electron chi connectivity index (χ3n) is 3.75. The summed E-state index contributed by atoms with van der Waals surface area (Å²) >= 11 is 0. The maximum absolute atomic E-state index is 12.4. The van der Waals surface area contributed by atoms with Gasteiger partial charge in [-0.1, -0.05) is 54.1 Å². The molecule has 0 saturated heterocycles. The lowest BCUT2D eigenvalue weighted by atomic mass is 10.1. The first-order valence-electron chi connectivity index (χ1n) is 7.77. The maximum atomic E-state index is 12.4.